The Kier molecular flexibility index (Phi) is 3.32. The van der Waals surface area contributed by atoms with Crippen molar-refractivity contribution in [1.82, 2.24) is 9.78 Å². The Hall–Kier alpha value is -2.30. The van der Waals surface area contributed by atoms with Crippen molar-refractivity contribution in [2.75, 3.05) is 11.1 Å². The SMILES string of the molecule is CCn1cc(N)c(C(=O)Nc2ccccc2C)n1. The van der Waals surface area contributed by atoms with Crippen molar-refractivity contribution >= 4 is 17.3 Å². The molecule has 1 aromatic heterocycles. The van der Waals surface area contributed by atoms with E-state index in [4.69, 9.17) is 5.73 Å². The van der Waals surface area contributed by atoms with Gasteiger partial charge in [-0.2, -0.15) is 5.10 Å². The van der Waals surface area contributed by atoms with Crippen LogP contribution in [0.3, 0.4) is 0 Å². The van der Waals surface area contributed by atoms with Gasteiger partial charge >= 0.3 is 0 Å². The summed E-state index contributed by atoms with van der Waals surface area (Å²) in [6.45, 7) is 4.56. The molecule has 0 aliphatic rings. The maximum atomic E-state index is 12.0. The minimum Gasteiger partial charge on any atom is -0.396 e. The van der Waals surface area contributed by atoms with E-state index in [0.717, 1.165) is 11.3 Å². The lowest BCUT2D eigenvalue weighted by Crippen LogP contribution is -2.15. The molecule has 3 N–H and O–H groups in total. The third kappa shape index (κ3) is 2.34. The van der Waals surface area contributed by atoms with Gasteiger partial charge in [-0.15, -0.1) is 0 Å². The van der Waals surface area contributed by atoms with Crippen molar-refractivity contribution in [3.8, 4) is 0 Å². The predicted octanol–water partition coefficient (Wildman–Crippen LogP) is 2.05. The van der Waals surface area contributed by atoms with Gasteiger partial charge in [0, 0.05) is 18.4 Å². The lowest BCUT2D eigenvalue weighted by molar-refractivity contribution is 0.102. The Morgan fingerprint density at radius 2 is 2.17 bits per heavy atom. The fraction of sp³-hybridized carbons (Fsp3) is 0.231. The maximum Gasteiger partial charge on any atom is 0.278 e. The summed E-state index contributed by atoms with van der Waals surface area (Å²) in [5, 5.41) is 6.94. The van der Waals surface area contributed by atoms with Crippen LogP contribution in [-0.2, 0) is 6.54 Å². The molecule has 0 spiro atoms. The van der Waals surface area contributed by atoms with Gasteiger partial charge in [0.2, 0.25) is 0 Å². The Bertz CT molecular complexity index is 574. The molecule has 0 fully saturated rings. The second-order valence-corrected chi connectivity index (χ2v) is 4.06. The maximum absolute atomic E-state index is 12.0. The molecule has 0 unspecified atom stereocenters. The zero-order chi connectivity index (χ0) is 13.1. The number of carbonyl (C=O) groups is 1. The molecular formula is C13H16N4O. The second kappa shape index (κ2) is 4.91. The number of nitrogens with zero attached hydrogens (tertiary/aromatic N) is 2. The molecule has 0 atom stereocenters. The molecule has 0 bridgehead atoms. The van der Waals surface area contributed by atoms with Gasteiger partial charge in [0.05, 0.1) is 5.69 Å². The Labute approximate surface area is 106 Å². The lowest BCUT2D eigenvalue weighted by Gasteiger charge is -2.06. The molecule has 1 aromatic carbocycles. The number of nitrogen functional groups attached to an aromatic ring is 1. The Morgan fingerprint density at radius 1 is 1.44 bits per heavy atom. The lowest BCUT2D eigenvalue weighted by atomic mass is 10.2. The number of rotatable bonds is 3. The van der Waals surface area contributed by atoms with Crippen LogP contribution in [0.1, 0.15) is 23.0 Å². The largest absolute Gasteiger partial charge is 0.396 e. The normalized spacial score (nSPS) is 10.3. The number of anilines is 2. The minimum absolute atomic E-state index is 0.264. The molecule has 2 aromatic rings. The average Bonchev–Trinajstić information content (AvgIpc) is 2.73. The monoisotopic (exact) mass is 244 g/mol. The summed E-state index contributed by atoms with van der Waals surface area (Å²) < 4.78 is 1.64. The zero-order valence-electron chi connectivity index (χ0n) is 10.5. The molecule has 1 heterocycles. The molecular weight excluding hydrogens is 228 g/mol. The summed E-state index contributed by atoms with van der Waals surface area (Å²) >= 11 is 0. The van der Waals surface area contributed by atoms with Gasteiger partial charge in [-0.3, -0.25) is 9.48 Å². The van der Waals surface area contributed by atoms with E-state index in [9.17, 15) is 4.79 Å². The van der Waals surface area contributed by atoms with Crippen LogP contribution in [0.25, 0.3) is 0 Å². The van der Waals surface area contributed by atoms with Crippen LogP contribution in [0.4, 0.5) is 11.4 Å². The van der Waals surface area contributed by atoms with Gasteiger partial charge in [0.1, 0.15) is 0 Å². The molecule has 94 valence electrons. The van der Waals surface area contributed by atoms with Crippen LogP contribution in [0.2, 0.25) is 0 Å². The summed E-state index contributed by atoms with van der Waals surface area (Å²) in [5.41, 5.74) is 8.19. The fourth-order valence-electron chi connectivity index (χ4n) is 1.67. The molecule has 5 heteroatoms. The van der Waals surface area contributed by atoms with Crippen LogP contribution in [0.5, 0.6) is 0 Å². The van der Waals surface area contributed by atoms with Crippen molar-refractivity contribution in [3.05, 3.63) is 41.7 Å². The summed E-state index contributed by atoms with van der Waals surface area (Å²) in [4.78, 5) is 12.0. The molecule has 0 radical (unpaired) electrons. The van der Waals surface area contributed by atoms with Crippen LogP contribution in [0.15, 0.2) is 30.5 Å². The number of aromatic nitrogens is 2. The van der Waals surface area contributed by atoms with Gasteiger partial charge in [0.15, 0.2) is 5.69 Å². The van der Waals surface area contributed by atoms with E-state index in [1.807, 2.05) is 38.1 Å². The Balaban J connectivity index is 2.22. The molecule has 18 heavy (non-hydrogen) atoms. The van der Waals surface area contributed by atoms with Crippen molar-refractivity contribution in [2.24, 2.45) is 0 Å². The van der Waals surface area contributed by atoms with Crippen molar-refractivity contribution in [2.45, 2.75) is 20.4 Å². The molecule has 0 aliphatic carbocycles. The standard InChI is InChI=1S/C13H16N4O/c1-3-17-8-10(14)12(16-17)13(18)15-11-7-5-4-6-9(11)2/h4-8H,3,14H2,1-2H3,(H,15,18). The highest BCUT2D eigenvalue weighted by atomic mass is 16.2. The van der Waals surface area contributed by atoms with Gasteiger partial charge in [-0.1, -0.05) is 18.2 Å². The summed E-state index contributed by atoms with van der Waals surface area (Å²) in [7, 11) is 0. The molecule has 0 saturated carbocycles. The summed E-state index contributed by atoms with van der Waals surface area (Å²) in [6.07, 6.45) is 1.66. The fourth-order valence-corrected chi connectivity index (χ4v) is 1.67. The number of carbonyl (C=O) groups excluding carboxylic acids is 1. The van der Waals surface area contributed by atoms with E-state index in [1.54, 1.807) is 10.9 Å². The quantitative estimate of drug-likeness (QED) is 0.867. The minimum atomic E-state index is -0.283. The van der Waals surface area contributed by atoms with Crippen molar-refractivity contribution in [3.63, 3.8) is 0 Å². The number of amides is 1. The first-order valence-electron chi connectivity index (χ1n) is 5.81. The van der Waals surface area contributed by atoms with Gasteiger partial charge in [0.25, 0.3) is 5.91 Å². The van der Waals surface area contributed by atoms with Crippen molar-refractivity contribution in [1.29, 1.82) is 0 Å². The third-order valence-electron chi connectivity index (χ3n) is 2.72. The third-order valence-corrected chi connectivity index (χ3v) is 2.72. The first-order valence-corrected chi connectivity index (χ1v) is 5.81. The van der Waals surface area contributed by atoms with Crippen LogP contribution >= 0.6 is 0 Å². The van der Waals surface area contributed by atoms with Crippen molar-refractivity contribution < 1.29 is 4.79 Å². The number of benzene rings is 1. The Morgan fingerprint density at radius 3 is 2.78 bits per heavy atom. The number of aryl methyl sites for hydroxylation is 2. The summed E-state index contributed by atoms with van der Waals surface area (Å²) in [6, 6.07) is 7.58. The number of nitrogens with one attached hydrogen (secondary N) is 1. The van der Waals surface area contributed by atoms with Gasteiger partial charge in [-0.05, 0) is 25.5 Å². The van der Waals surface area contributed by atoms with Gasteiger partial charge < -0.3 is 11.1 Å². The van der Waals surface area contributed by atoms with E-state index < -0.39 is 0 Å². The average molecular weight is 244 g/mol. The van der Waals surface area contributed by atoms with E-state index in [1.165, 1.54) is 0 Å². The van der Waals surface area contributed by atoms with Crippen LogP contribution in [-0.4, -0.2) is 15.7 Å². The zero-order valence-corrected chi connectivity index (χ0v) is 10.5. The second-order valence-electron chi connectivity index (χ2n) is 4.06. The first-order chi connectivity index (χ1) is 8.61. The molecule has 0 aliphatic heterocycles. The highest BCUT2D eigenvalue weighted by Crippen LogP contribution is 2.16. The van der Waals surface area contributed by atoms with Crippen LogP contribution in [0, 0.1) is 6.92 Å². The molecule has 0 saturated heterocycles. The van der Waals surface area contributed by atoms with E-state index >= 15 is 0 Å². The number of nitrogens with two attached hydrogens (primary N) is 1. The highest BCUT2D eigenvalue weighted by Gasteiger charge is 2.15. The van der Waals surface area contributed by atoms with E-state index in [-0.39, 0.29) is 11.6 Å². The number of hydrogen-bond donors (Lipinski definition) is 2. The highest BCUT2D eigenvalue weighted by molar-refractivity contribution is 6.06. The van der Waals surface area contributed by atoms with E-state index in [2.05, 4.69) is 10.4 Å². The number of hydrogen-bond acceptors (Lipinski definition) is 3. The van der Waals surface area contributed by atoms with E-state index in [0.29, 0.717) is 12.2 Å². The summed E-state index contributed by atoms with van der Waals surface area (Å²) in [5.74, 6) is -0.283. The topological polar surface area (TPSA) is 72.9 Å². The molecule has 2 rings (SSSR count). The molecule has 5 nitrogen and oxygen atoms in total. The first kappa shape index (κ1) is 12.2. The smallest absolute Gasteiger partial charge is 0.278 e. The molecule has 1 amide bonds. The predicted molar refractivity (Wildman–Crippen MR) is 71.4 cm³/mol. The number of para-hydroxylation sites is 1. The van der Waals surface area contributed by atoms with Crippen LogP contribution < -0.4 is 11.1 Å². The van der Waals surface area contributed by atoms with Gasteiger partial charge in [-0.25, -0.2) is 0 Å².